The molecule has 0 aromatic rings. The van der Waals surface area contributed by atoms with Crippen molar-refractivity contribution in [2.24, 2.45) is 5.73 Å². The highest BCUT2D eigenvalue weighted by molar-refractivity contribution is 7.80. The van der Waals surface area contributed by atoms with Gasteiger partial charge in [0.1, 0.15) is 7.05 Å². The van der Waals surface area contributed by atoms with Crippen LogP contribution in [0.15, 0.2) is 0 Å². The van der Waals surface area contributed by atoms with Crippen molar-refractivity contribution >= 4 is 17.1 Å². The van der Waals surface area contributed by atoms with Crippen LogP contribution in [0, 0.1) is 0 Å². The highest BCUT2D eigenvalue weighted by Gasteiger charge is 2.09. The molecule has 0 bridgehead atoms. The number of nitrogens with zero attached hydrogens (tertiary/aromatic N) is 2. The Kier molecular flexibility index (Phi) is 5.15. The Hall–Kier alpha value is -0.350. The summed E-state index contributed by atoms with van der Waals surface area (Å²) in [4.78, 5) is 0.719. The van der Waals surface area contributed by atoms with E-state index in [1.807, 2.05) is 0 Å². The number of hydrogen-bond acceptors (Lipinski definition) is 2. The van der Waals surface area contributed by atoms with Crippen LogP contribution in [-0.2, 0) is 0 Å². The highest BCUT2D eigenvalue weighted by Crippen LogP contribution is 1.96. The maximum atomic E-state index is 8.83. The summed E-state index contributed by atoms with van der Waals surface area (Å²) in [5.41, 5.74) is 14.5. The molecule has 0 fully saturated rings. The fraction of sp³-hybridized carbons (Fsp3) is 0.857. The second-order valence-corrected chi connectivity index (χ2v) is 3.20. The average molecular weight is 173 g/mol. The molecule has 64 valence electrons. The first-order valence-electron chi connectivity index (χ1n) is 3.76. The molecular formula is C7H15N3S. The van der Waals surface area contributed by atoms with Gasteiger partial charge in [-0.3, -0.25) is 0 Å². The van der Waals surface area contributed by atoms with Crippen molar-refractivity contribution in [3.8, 4) is 0 Å². The Bertz CT molecular complexity index is 156. The first-order valence-corrected chi connectivity index (χ1v) is 4.17. The molecule has 0 spiro atoms. The molecule has 0 saturated heterocycles. The Morgan fingerprint density at radius 2 is 2.27 bits per heavy atom. The molecule has 0 aromatic carbocycles. The first kappa shape index (κ1) is 10.7. The summed E-state index contributed by atoms with van der Waals surface area (Å²) in [6.07, 6.45) is 1.92. The van der Waals surface area contributed by atoms with Crippen LogP contribution in [0.1, 0.15) is 19.8 Å². The third kappa shape index (κ3) is 4.98. The predicted octanol–water partition coefficient (Wildman–Crippen LogP) is 1.15. The van der Waals surface area contributed by atoms with Gasteiger partial charge >= 0.3 is 0 Å². The van der Waals surface area contributed by atoms with E-state index in [4.69, 9.17) is 23.5 Å². The summed E-state index contributed by atoms with van der Waals surface area (Å²) in [6, 6.07) is -0.0513. The van der Waals surface area contributed by atoms with Crippen LogP contribution < -0.4 is 5.73 Å². The van der Waals surface area contributed by atoms with Crippen molar-refractivity contribution in [1.82, 2.24) is 0 Å². The molecular weight excluding hydrogens is 158 g/mol. The second kappa shape index (κ2) is 5.32. The topological polar surface area (TPSA) is 51.3 Å². The van der Waals surface area contributed by atoms with Crippen LogP contribution >= 0.6 is 12.2 Å². The van der Waals surface area contributed by atoms with E-state index >= 15 is 0 Å². The largest absolute Gasteiger partial charge is 0.507 e. The number of rotatable bonds is 5. The molecule has 0 aromatic heterocycles. The lowest BCUT2D eigenvalue weighted by atomic mass is 10.1. The third-order valence-corrected chi connectivity index (χ3v) is 1.83. The zero-order valence-electron chi connectivity index (χ0n) is 7.08. The zero-order valence-corrected chi connectivity index (χ0v) is 7.90. The van der Waals surface area contributed by atoms with Crippen LogP contribution in [-0.4, -0.2) is 29.2 Å². The van der Waals surface area contributed by atoms with E-state index < -0.39 is 0 Å². The van der Waals surface area contributed by atoms with E-state index in [0.29, 0.717) is 6.54 Å². The lowest BCUT2D eigenvalue weighted by Crippen LogP contribution is -2.33. The summed E-state index contributed by atoms with van der Waals surface area (Å²) in [5.74, 6) is 0. The Balaban J connectivity index is 3.73. The monoisotopic (exact) mass is 173 g/mol. The molecule has 2 N–H and O–H groups in total. The maximum Gasteiger partial charge on any atom is 0.164 e. The van der Waals surface area contributed by atoms with Gasteiger partial charge in [-0.05, 0) is 6.42 Å². The minimum Gasteiger partial charge on any atom is -0.507 e. The van der Waals surface area contributed by atoms with Crippen molar-refractivity contribution in [1.29, 1.82) is 0 Å². The van der Waals surface area contributed by atoms with Crippen molar-refractivity contribution < 1.29 is 4.70 Å². The van der Waals surface area contributed by atoms with Gasteiger partial charge in [-0.15, -0.1) is 0 Å². The first-order chi connectivity index (χ1) is 5.07. The van der Waals surface area contributed by atoms with Gasteiger partial charge in [0.05, 0.1) is 4.86 Å². The molecule has 0 rings (SSSR count). The second-order valence-electron chi connectivity index (χ2n) is 2.68. The summed E-state index contributed by atoms with van der Waals surface area (Å²) in [6.45, 7) is 2.45. The summed E-state index contributed by atoms with van der Waals surface area (Å²) in [5, 5.41) is 0. The van der Waals surface area contributed by atoms with E-state index in [0.717, 1.165) is 22.4 Å². The standard InChI is InChI=1S/C7H15N3S/c1-3-4-6(8)7(11)5-10(2)9/h6H,3-5,8H2,1-2H3. The fourth-order valence-corrected chi connectivity index (χ4v) is 1.12. The van der Waals surface area contributed by atoms with Crippen LogP contribution in [0.5, 0.6) is 0 Å². The predicted molar refractivity (Wildman–Crippen MR) is 49.9 cm³/mol. The molecule has 0 heterocycles. The van der Waals surface area contributed by atoms with Crippen LogP contribution in [0.4, 0.5) is 0 Å². The fourth-order valence-electron chi connectivity index (χ4n) is 0.815. The zero-order chi connectivity index (χ0) is 8.85. The molecule has 0 amide bonds. The molecule has 4 heteroatoms. The van der Waals surface area contributed by atoms with Crippen molar-refractivity contribution in [2.75, 3.05) is 13.6 Å². The van der Waals surface area contributed by atoms with Crippen LogP contribution in [0.25, 0.3) is 5.53 Å². The smallest absolute Gasteiger partial charge is 0.164 e. The molecule has 0 aliphatic heterocycles. The van der Waals surface area contributed by atoms with E-state index in [1.165, 1.54) is 0 Å². The van der Waals surface area contributed by atoms with Crippen molar-refractivity contribution in [2.45, 2.75) is 25.8 Å². The average Bonchev–Trinajstić information content (AvgIpc) is 1.86. The Morgan fingerprint density at radius 1 is 1.73 bits per heavy atom. The van der Waals surface area contributed by atoms with Gasteiger partial charge < -0.3 is 16.0 Å². The van der Waals surface area contributed by atoms with Gasteiger partial charge in [-0.25, -0.2) is 0 Å². The SMILES string of the molecule is CCCC(N)C(=S)C[N+](C)=[N-]. The molecule has 0 saturated carbocycles. The molecule has 1 atom stereocenters. The van der Waals surface area contributed by atoms with Gasteiger partial charge in [0.2, 0.25) is 0 Å². The number of hydrogen-bond donors (Lipinski definition) is 1. The highest BCUT2D eigenvalue weighted by atomic mass is 32.1. The Morgan fingerprint density at radius 3 is 2.64 bits per heavy atom. The Labute approximate surface area is 73.1 Å². The van der Waals surface area contributed by atoms with Crippen LogP contribution in [0.3, 0.4) is 0 Å². The maximum absolute atomic E-state index is 8.83. The molecule has 3 nitrogen and oxygen atoms in total. The summed E-state index contributed by atoms with van der Waals surface area (Å²) >= 11 is 4.99. The lowest BCUT2D eigenvalue weighted by Gasteiger charge is -2.10. The minimum atomic E-state index is -0.0513. The molecule has 0 aliphatic rings. The quantitative estimate of drug-likeness (QED) is 0.385. The minimum absolute atomic E-state index is 0.0513. The summed E-state index contributed by atoms with van der Waals surface area (Å²) < 4.78 is 1.05. The number of thiocarbonyl (C=S) groups is 1. The van der Waals surface area contributed by atoms with Gasteiger partial charge in [0.15, 0.2) is 6.54 Å². The third-order valence-electron chi connectivity index (χ3n) is 1.40. The van der Waals surface area contributed by atoms with Gasteiger partial charge in [-0.2, -0.15) is 0 Å². The normalized spacial score (nSPS) is 12.6. The molecule has 0 aliphatic carbocycles. The van der Waals surface area contributed by atoms with Gasteiger partial charge in [0, 0.05) is 6.04 Å². The number of nitrogens with two attached hydrogens (primary N) is 1. The molecule has 11 heavy (non-hydrogen) atoms. The van der Waals surface area contributed by atoms with E-state index in [-0.39, 0.29) is 6.04 Å². The van der Waals surface area contributed by atoms with Crippen molar-refractivity contribution in [3.63, 3.8) is 0 Å². The van der Waals surface area contributed by atoms with E-state index in [2.05, 4.69) is 6.92 Å². The van der Waals surface area contributed by atoms with Gasteiger partial charge in [-0.1, -0.05) is 25.6 Å². The lowest BCUT2D eigenvalue weighted by molar-refractivity contribution is -0.503. The molecule has 1 unspecified atom stereocenters. The van der Waals surface area contributed by atoms with Crippen LogP contribution in [0.2, 0.25) is 0 Å². The van der Waals surface area contributed by atoms with E-state index in [9.17, 15) is 0 Å². The van der Waals surface area contributed by atoms with E-state index in [1.54, 1.807) is 7.05 Å². The van der Waals surface area contributed by atoms with Crippen molar-refractivity contribution in [3.05, 3.63) is 5.53 Å². The molecule has 0 radical (unpaired) electrons. The van der Waals surface area contributed by atoms with Gasteiger partial charge in [0.25, 0.3) is 0 Å². The summed E-state index contributed by atoms with van der Waals surface area (Å²) in [7, 11) is 1.56.